The summed E-state index contributed by atoms with van der Waals surface area (Å²) in [5.41, 5.74) is 2.08. The first-order chi connectivity index (χ1) is 6.20. The molecule has 5 heteroatoms. The van der Waals surface area contributed by atoms with Crippen LogP contribution in [0.2, 0.25) is 0 Å². The van der Waals surface area contributed by atoms with Gasteiger partial charge in [0.05, 0.1) is 15.9 Å². The van der Waals surface area contributed by atoms with Crippen LogP contribution in [0.15, 0.2) is 16.0 Å². The van der Waals surface area contributed by atoms with Gasteiger partial charge < -0.3 is 0 Å². The number of thiazole rings is 1. The summed E-state index contributed by atoms with van der Waals surface area (Å²) in [6.45, 7) is 3.99. The lowest BCUT2D eigenvalue weighted by Crippen LogP contribution is -1.97. The van der Waals surface area contributed by atoms with Gasteiger partial charge in [0.2, 0.25) is 5.13 Å². The summed E-state index contributed by atoms with van der Waals surface area (Å²) >= 11 is 5.06. The fourth-order valence-electron chi connectivity index (χ4n) is 1.13. The van der Waals surface area contributed by atoms with E-state index < -0.39 is 0 Å². The van der Waals surface area contributed by atoms with Gasteiger partial charge in [-0.2, -0.15) is 5.10 Å². The maximum absolute atomic E-state index is 4.37. The molecule has 0 saturated heterocycles. The molecule has 0 aliphatic rings. The second-order valence-corrected chi connectivity index (χ2v) is 4.38. The average molecular weight is 258 g/mol. The van der Waals surface area contributed by atoms with Gasteiger partial charge in [-0.1, -0.05) is 0 Å². The molecule has 13 heavy (non-hydrogen) atoms. The Morgan fingerprint density at radius 1 is 1.46 bits per heavy atom. The molecule has 0 atom stereocenters. The van der Waals surface area contributed by atoms with Crippen molar-refractivity contribution in [2.24, 2.45) is 0 Å². The number of hydrogen-bond acceptors (Lipinski definition) is 3. The third-order valence-corrected chi connectivity index (χ3v) is 3.70. The van der Waals surface area contributed by atoms with Gasteiger partial charge in [-0.3, -0.25) is 0 Å². The fraction of sp³-hybridized carbons (Fsp3) is 0.250. The normalized spacial score (nSPS) is 10.7. The van der Waals surface area contributed by atoms with Crippen molar-refractivity contribution in [2.45, 2.75) is 13.8 Å². The molecule has 0 bridgehead atoms. The van der Waals surface area contributed by atoms with E-state index in [4.69, 9.17) is 0 Å². The molecule has 0 saturated carbocycles. The predicted molar refractivity (Wildman–Crippen MR) is 56.4 cm³/mol. The topological polar surface area (TPSA) is 30.7 Å². The minimum atomic E-state index is 0.909. The van der Waals surface area contributed by atoms with E-state index in [1.807, 2.05) is 23.9 Å². The van der Waals surface area contributed by atoms with Crippen molar-refractivity contribution in [3.05, 3.63) is 27.4 Å². The van der Waals surface area contributed by atoms with E-state index in [9.17, 15) is 0 Å². The molecule has 2 aromatic heterocycles. The lowest BCUT2D eigenvalue weighted by atomic mass is 10.4. The van der Waals surface area contributed by atoms with Crippen LogP contribution in [-0.4, -0.2) is 14.8 Å². The van der Waals surface area contributed by atoms with Gasteiger partial charge in [-0.05, 0) is 29.8 Å². The predicted octanol–water partition coefficient (Wildman–Crippen LogP) is 2.71. The van der Waals surface area contributed by atoms with Crippen molar-refractivity contribution in [2.75, 3.05) is 0 Å². The summed E-state index contributed by atoms with van der Waals surface area (Å²) in [6.07, 6.45) is 1.78. The molecule has 0 aromatic carbocycles. The lowest BCUT2D eigenvalue weighted by molar-refractivity contribution is 0.825. The van der Waals surface area contributed by atoms with Crippen molar-refractivity contribution in [1.29, 1.82) is 0 Å². The number of rotatable bonds is 1. The summed E-state index contributed by atoms with van der Waals surface area (Å²) in [5, 5.41) is 7.22. The molecule has 68 valence electrons. The maximum atomic E-state index is 4.37. The van der Waals surface area contributed by atoms with Crippen molar-refractivity contribution in [1.82, 2.24) is 14.8 Å². The van der Waals surface area contributed by atoms with Crippen LogP contribution in [0, 0.1) is 13.8 Å². The van der Waals surface area contributed by atoms with Gasteiger partial charge in [-0.25, -0.2) is 9.67 Å². The van der Waals surface area contributed by atoms with E-state index in [0.29, 0.717) is 0 Å². The smallest absolute Gasteiger partial charge is 0.210 e. The Bertz CT molecular complexity index is 419. The molecular formula is C8H8BrN3S. The molecule has 0 radical (unpaired) electrons. The van der Waals surface area contributed by atoms with E-state index in [1.165, 1.54) is 0 Å². The molecule has 0 N–H and O–H groups in total. The van der Waals surface area contributed by atoms with Gasteiger partial charge in [0.1, 0.15) is 0 Å². The van der Waals surface area contributed by atoms with Crippen molar-refractivity contribution < 1.29 is 0 Å². The molecular weight excluding hydrogens is 250 g/mol. The maximum Gasteiger partial charge on any atom is 0.210 e. The molecule has 0 amide bonds. The first-order valence-electron chi connectivity index (χ1n) is 3.81. The summed E-state index contributed by atoms with van der Waals surface area (Å²) in [4.78, 5) is 4.20. The van der Waals surface area contributed by atoms with E-state index in [-0.39, 0.29) is 0 Å². The van der Waals surface area contributed by atoms with Crippen LogP contribution in [0.3, 0.4) is 0 Å². The quantitative estimate of drug-likeness (QED) is 0.787. The van der Waals surface area contributed by atoms with Crippen LogP contribution in [0.25, 0.3) is 5.13 Å². The lowest BCUT2D eigenvalue weighted by Gasteiger charge is -1.96. The third-order valence-electron chi connectivity index (χ3n) is 1.80. The van der Waals surface area contributed by atoms with Gasteiger partial charge >= 0.3 is 0 Å². The van der Waals surface area contributed by atoms with Crippen molar-refractivity contribution in [3.8, 4) is 5.13 Å². The number of aryl methyl sites for hydroxylation is 1. The number of nitrogens with zero attached hydrogens (tertiary/aromatic N) is 3. The Hall–Kier alpha value is -0.680. The first-order valence-corrected chi connectivity index (χ1v) is 5.49. The van der Waals surface area contributed by atoms with E-state index in [2.05, 4.69) is 26.0 Å². The monoisotopic (exact) mass is 257 g/mol. The number of hydrogen-bond donors (Lipinski definition) is 0. The summed E-state index contributed by atoms with van der Waals surface area (Å²) in [5.74, 6) is 0. The molecule has 0 aliphatic heterocycles. The summed E-state index contributed by atoms with van der Waals surface area (Å²) in [6, 6.07) is 0. The number of halogens is 1. The average Bonchev–Trinajstić information content (AvgIpc) is 2.70. The van der Waals surface area contributed by atoms with Crippen LogP contribution in [0.4, 0.5) is 0 Å². The SMILES string of the molecule is Cc1nn(-c2nccs2)c(C)c1Br. The second kappa shape index (κ2) is 3.23. The zero-order valence-electron chi connectivity index (χ0n) is 7.28. The van der Waals surface area contributed by atoms with Crippen LogP contribution in [0.5, 0.6) is 0 Å². The molecule has 0 aliphatic carbocycles. The van der Waals surface area contributed by atoms with Crippen molar-refractivity contribution in [3.63, 3.8) is 0 Å². The molecule has 3 nitrogen and oxygen atoms in total. The highest BCUT2D eigenvalue weighted by molar-refractivity contribution is 9.10. The van der Waals surface area contributed by atoms with E-state index in [1.54, 1.807) is 17.5 Å². The minimum absolute atomic E-state index is 0.909. The number of aromatic nitrogens is 3. The van der Waals surface area contributed by atoms with Gasteiger partial charge in [0, 0.05) is 11.6 Å². The van der Waals surface area contributed by atoms with Crippen molar-refractivity contribution >= 4 is 27.3 Å². The Morgan fingerprint density at radius 3 is 2.69 bits per heavy atom. The van der Waals surface area contributed by atoms with E-state index >= 15 is 0 Å². The Balaban J connectivity index is 2.59. The molecule has 0 unspecified atom stereocenters. The second-order valence-electron chi connectivity index (χ2n) is 2.71. The highest BCUT2D eigenvalue weighted by Gasteiger charge is 2.10. The van der Waals surface area contributed by atoms with Crippen LogP contribution in [0.1, 0.15) is 11.4 Å². The minimum Gasteiger partial charge on any atom is -0.227 e. The van der Waals surface area contributed by atoms with Crippen LogP contribution in [-0.2, 0) is 0 Å². The van der Waals surface area contributed by atoms with Gasteiger partial charge in [0.15, 0.2) is 0 Å². The first kappa shape index (κ1) is 8.90. The Kier molecular flexibility index (Phi) is 2.21. The zero-order chi connectivity index (χ0) is 9.42. The molecule has 0 fully saturated rings. The van der Waals surface area contributed by atoms with Gasteiger partial charge in [-0.15, -0.1) is 11.3 Å². The molecule has 2 rings (SSSR count). The van der Waals surface area contributed by atoms with Crippen LogP contribution >= 0.6 is 27.3 Å². The summed E-state index contributed by atoms with van der Waals surface area (Å²) in [7, 11) is 0. The largest absolute Gasteiger partial charge is 0.227 e. The Morgan fingerprint density at radius 2 is 2.23 bits per heavy atom. The highest BCUT2D eigenvalue weighted by atomic mass is 79.9. The van der Waals surface area contributed by atoms with Crippen LogP contribution < -0.4 is 0 Å². The zero-order valence-corrected chi connectivity index (χ0v) is 9.69. The third kappa shape index (κ3) is 1.42. The standard InChI is InChI=1S/C8H8BrN3S/c1-5-7(9)6(2)12(11-5)8-10-3-4-13-8/h3-4H,1-2H3. The molecule has 2 heterocycles. The van der Waals surface area contributed by atoms with E-state index in [0.717, 1.165) is 21.0 Å². The fourth-order valence-corrected chi connectivity index (χ4v) is 2.02. The molecule has 2 aromatic rings. The molecule has 0 spiro atoms. The van der Waals surface area contributed by atoms with Gasteiger partial charge in [0.25, 0.3) is 0 Å². The highest BCUT2D eigenvalue weighted by Crippen LogP contribution is 2.23. The summed E-state index contributed by atoms with van der Waals surface area (Å²) < 4.78 is 2.91. The Labute approximate surface area is 88.6 Å².